The Balaban J connectivity index is 0.897. The molecule has 95 heavy (non-hydrogen) atoms. The van der Waals surface area contributed by atoms with Crippen molar-refractivity contribution in [2.75, 3.05) is 151 Å². The Morgan fingerprint density at radius 3 is 1.87 bits per heavy atom. The number of hydrogen-bond acceptors (Lipinski definition) is 21. The van der Waals surface area contributed by atoms with Crippen molar-refractivity contribution in [1.29, 1.82) is 0 Å². The minimum atomic E-state index is -4.84. The first-order valence-corrected chi connectivity index (χ1v) is 33.0. The fourth-order valence-electron chi connectivity index (χ4n) is 11.0. The summed E-state index contributed by atoms with van der Waals surface area (Å²) in [5, 5.41) is 54.2. The monoisotopic (exact) mass is 1390 g/mol. The lowest BCUT2D eigenvalue weighted by atomic mass is 9.95. The Morgan fingerprint density at radius 1 is 0.705 bits per heavy atom. The Bertz CT molecular complexity index is 3460. The summed E-state index contributed by atoms with van der Waals surface area (Å²) in [5.41, 5.74) is 3.31. The van der Waals surface area contributed by atoms with Crippen LogP contribution in [0.15, 0.2) is 54.6 Å². The number of morpholine rings is 1. The first-order valence-electron chi connectivity index (χ1n) is 30.6. The number of hydrogen-bond donors (Lipinski definition) is 9. The predicted octanol–water partition coefficient (Wildman–Crippen LogP) is 1.35. The maximum atomic E-state index is 14.4. The van der Waals surface area contributed by atoms with Crippen LogP contribution in [-0.2, 0) is 59.8 Å². The number of carbonyl (C=O) groups excluding carboxylic acids is 4. The lowest BCUT2D eigenvalue weighted by Gasteiger charge is -2.41. The molecule has 0 unspecified atom stereocenters. The van der Waals surface area contributed by atoms with Gasteiger partial charge in [0.25, 0.3) is 16.0 Å². The van der Waals surface area contributed by atoms with Gasteiger partial charge in [-0.2, -0.15) is 13.5 Å². The summed E-state index contributed by atoms with van der Waals surface area (Å²) < 4.78 is 65.1. The number of methoxy groups -OCH3 is 1. The third kappa shape index (κ3) is 23.0. The zero-order valence-corrected chi connectivity index (χ0v) is 55.2. The number of carboxylic acid groups (broad SMARTS) is 4. The van der Waals surface area contributed by atoms with Crippen molar-refractivity contribution in [2.45, 2.75) is 57.3 Å². The lowest BCUT2D eigenvalue weighted by Crippen LogP contribution is -2.55. The third-order valence-electron chi connectivity index (χ3n) is 15.7. The molecule has 2 fully saturated rings. The summed E-state index contributed by atoms with van der Waals surface area (Å²) in [7, 11) is -3.30. The van der Waals surface area contributed by atoms with E-state index in [4.69, 9.17) is 52.0 Å². The van der Waals surface area contributed by atoms with Gasteiger partial charge in [-0.25, -0.2) is 4.68 Å². The fraction of sp³-hybridized carbons (Fsp3) is 0.525. The SMILES string of the molecule is COc1cc2c(cc1-c1cccc(OCCCNC(=O)[C@@H](CCC(=O)O)NCCOCCNC(=O)[C@H](CS(=O)(=O)O)NC(=O)CN3CCN(CC(=O)O)CCN(CC(=O)O)CCN(CC(=O)O)CC3)c1)-c1c(c(C(=O)N3CCOCC3(C)C)nn1-c1cc(Cl)cc(Cl)c1)CO2. The quantitative estimate of drug-likeness (QED) is 0.0246. The summed E-state index contributed by atoms with van der Waals surface area (Å²) in [6, 6.07) is 13.3. The summed E-state index contributed by atoms with van der Waals surface area (Å²) in [6.07, 6.45) is -0.0411. The van der Waals surface area contributed by atoms with Crippen molar-refractivity contribution in [3.8, 4) is 45.3 Å². The molecule has 4 amide bonds. The van der Waals surface area contributed by atoms with Gasteiger partial charge in [-0.05, 0) is 68.7 Å². The number of carbonyl (C=O) groups is 8. The van der Waals surface area contributed by atoms with Crippen LogP contribution in [0.3, 0.4) is 0 Å². The van der Waals surface area contributed by atoms with Crippen molar-refractivity contribution < 1.29 is 95.4 Å². The van der Waals surface area contributed by atoms with Crippen molar-refractivity contribution in [3.63, 3.8) is 0 Å². The van der Waals surface area contributed by atoms with E-state index in [1.54, 1.807) is 66.6 Å². The molecule has 3 aliphatic heterocycles. The molecule has 9 N–H and O–H groups in total. The molecule has 3 aliphatic rings. The molecule has 0 aliphatic carbocycles. The number of ether oxygens (including phenoxy) is 5. The van der Waals surface area contributed by atoms with Crippen molar-refractivity contribution in [1.82, 2.24) is 55.5 Å². The van der Waals surface area contributed by atoms with E-state index in [0.29, 0.717) is 81.5 Å². The molecule has 34 heteroatoms. The number of benzene rings is 3. The first-order chi connectivity index (χ1) is 45.2. The summed E-state index contributed by atoms with van der Waals surface area (Å²) in [4.78, 5) is 109. The second-order valence-electron chi connectivity index (χ2n) is 23.4. The van der Waals surface area contributed by atoms with Crippen LogP contribution in [0, 0.1) is 0 Å². The number of aromatic nitrogens is 2. The molecule has 31 nitrogen and oxygen atoms in total. The van der Waals surface area contributed by atoms with Crippen LogP contribution in [0.1, 0.15) is 49.2 Å². The van der Waals surface area contributed by atoms with E-state index in [9.17, 15) is 71.8 Å². The first kappa shape index (κ1) is 74.6. The topological polar surface area (TPSA) is 400 Å². The van der Waals surface area contributed by atoms with Crippen LogP contribution in [0.4, 0.5) is 0 Å². The van der Waals surface area contributed by atoms with Gasteiger partial charge in [0.05, 0.1) is 89.3 Å². The highest BCUT2D eigenvalue weighted by molar-refractivity contribution is 7.85. The minimum absolute atomic E-state index is 0.0276. The average Bonchev–Trinajstić information content (AvgIpc) is 1.63. The number of amides is 4. The van der Waals surface area contributed by atoms with Gasteiger partial charge < -0.3 is 70.3 Å². The molecule has 520 valence electrons. The second kappa shape index (κ2) is 35.3. The lowest BCUT2D eigenvalue weighted by molar-refractivity contribution is -0.140. The average molecular weight is 1390 g/mol. The zero-order valence-electron chi connectivity index (χ0n) is 52.9. The van der Waals surface area contributed by atoms with Crippen molar-refractivity contribution in [3.05, 3.63) is 75.9 Å². The third-order valence-corrected chi connectivity index (χ3v) is 16.9. The maximum Gasteiger partial charge on any atom is 0.317 e. The molecule has 0 saturated carbocycles. The molecule has 0 radical (unpaired) electrons. The number of aliphatic carboxylic acids is 4. The summed E-state index contributed by atoms with van der Waals surface area (Å²) in [5.74, 6) is -6.87. The smallest absolute Gasteiger partial charge is 0.317 e. The number of nitrogens with one attached hydrogen (secondary N) is 4. The molecule has 2 atom stereocenters. The highest BCUT2D eigenvalue weighted by atomic mass is 35.5. The van der Waals surface area contributed by atoms with E-state index in [1.165, 1.54) is 0 Å². The van der Waals surface area contributed by atoms with Gasteiger partial charge in [0.1, 0.15) is 35.7 Å². The molecule has 2 saturated heterocycles. The van der Waals surface area contributed by atoms with E-state index in [2.05, 4.69) is 21.3 Å². The number of carboxylic acids is 4. The summed E-state index contributed by atoms with van der Waals surface area (Å²) >= 11 is 13.0. The number of halogens is 2. The predicted molar refractivity (Wildman–Crippen MR) is 344 cm³/mol. The molecular weight excluding hydrogens is 1310 g/mol. The van der Waals surface area contributed by atoms with Crippen molar-refractivity contribution >= 4 is 80.8 Å². The van der Waals surface area contributed by atoms with Gasteiger partial charge in [-0.15, -0.1) is 0 Å². The van der Waals surface area contributed by atoms with Gasteiger partial charge in [-0.1, -0.05) is 35.3 Å². The Labute approximate surface area is 558 Å². The highest BCUT2D eigenvalue weighted by Crippen LogP contribution is 2.47. The summed E-state index contributed by atoms with van der Waals surface area (Å²) in [6.45, 7) is 4.20. The van der Waals surface area contributed by atoms with Gasteiger partial charge in [0.15, 0.2) is 5.69 Å². The fourth-order valence-corrected chi connectivity index (χ4v) is 12.2. The van der Waals surface area contributed by atoms with Gasteiger partial charge in [-0.3, -0.25) is 62.5 Å². The van der Waals surface area contributed by atoms with Gasteiger partial charge in [0, 0.05) is 118 Å². The van der Waals surface area contributed by atoms with Crippen LogP contribution in [0.5, 0.6) is 17.2 Å². The van der Waals surface area contributed by atoms with Crippen LogP contribution in [0.25, 0.3) is 28.1 Å². The Hall–Kier alpha value is -7.76. The molecule has 0 spiro atoms. The van der Waals surface area contributed by atoms with E-state index in [0.717, 1.165) is 5.56 Å². The van der Waals surface area contributed by atoms with Crippen LogP contribution in [0.2, 0.25) is 10.0 Å². The van der Waals surface area contributed by atoms with Crippen LogP contribution >= 0.6 is 23.2 Å². The molecule has 1 aromatic heterocycles. The molecule has 3 aromatic carbocycles. The molecular formula is C61H81Cl2N11O20S. The van der Waals surface area contributed by atoms with Crippen molar-refractivity contribution in [2.24, 2.45) is 0 Å². The highest BCUT2D eigenvalue weighted by Gasteiger charge is 2.40. The van der Waals surface area contributed by atoms with E-state index < -0.39 is 94.7 Å². The number of nitrogens with zero attached hydrogens (tertiary/aromatic N) is 7. The normalized spacial score (nSPS) is 16.5. The molecule has 0 bridgehead atoms. The molecule has 4 aromatic rings. The van der Waals surface area contributed by atoms with Crippen LogP contribution < -0.4 is 35.5 Å². The van der Waals surface area contributed by atoms with E-state index in [-0.39, 0.29) is 129 Å². The molecule has 7 rings (SSSR count). The van der Waals surface area contributed by atoms with E-state index >= 15 is 0 Å². The Kier molecular flexibility index (Phi) is 27.7. The number of rotatable bonds is 32. The molecule has 4 heterocycles. The van der Waals surface area contributed by atoms with Gasteiger partial charge >= 0.3 is 23.9 Å². The maximum absolute atomic E-state index is 14.4. The van der Waals surface area contributed by atoms with Crippen LogP contribution in [-0.4, -0.2) is 283 Å². The number of fused-ring (bicyclic) bond motifs is 3. The van der Waals surface area contributed by atoms with Gasteiger partial charge in [0.2, 0.25) is 17.7 Å². The minimum Gasteiger partial charge on any atom is -0.496 e. The zero-order chi connectivity index (χ0) is 69.0. The largest absolute Gasteiger partial charge is 0.496 e. The van der Waals surface area contributed by atoms with E-state index in [1.807, 2.05) is 38.1 Å². The standard InChI is InChI=1S/C61H81Cl2N11O20S/c1-61(2)38-92-25-21-73(61)60(86)56-46-36-94-50-31-49(90-3)44(30-45(50)57(46)74(68-56)42-28-40(62)27-41(63)29-42)39-6-4-7-43(26-39)93-22-5-10-65-58(84)47(8-9-52(76)77)64-11-23-91-24-12-66-59(85)48(37-95(87,88)89)67-51(75)32-69-13-15-70(33-53(78)79)17-19-72(35-55(82)83)20-18-71(16-14-69)34-54(80)81/h4,6-7,26-31,47-48,64H,5,8-25,32-38H2,1-3H3,(H,65,84)(H,66,85)(H,67,75)(H,76,77)(H,78,79)(H,80,81)(H,82,83)(H,87,88,89)/t47-,48+/m1/s1. The Morgan fingerprint density at radius 2 is 1.29 bits per heavy atom. The second-order valence-corrected chi connectivity index (χ2v) is 25.8.